The summed E-state index contributed by atoms with van der Waals surface area (Å²) in [4.78, 5) is 37.2. The van der Waals surface area contributed by atoms with Crippen molar-refractivity contribution >= 4 is 17.7 Å². The summed E-state index contributed by atoms with van der Waals surface area (Å²) in [5.41, 5.74) is -1.22. The molecule has 0 aromatic carbocycles. The van der Waals surface area contributed by atoms with Gasteiger partial charge in [-0.05, 0) is 51.9 Å². The number of amides is 1. The highest BCUT2D eigenvalue weighted by molar-refractivity contribution is 6.38. The molecule has 0 aliphatic heterocycles. The molecule has 0 unspecified atom stereocenters. The van der Waals surface area contributed by atoms with E-state index in [2.05, 4.69) is 33.0 Å². The highest BCUT2D eigenvalue weighted by Crippen LogP contribution is 2.34. The van der Waals surface area contributed by atoms with Gasteiger partial charge in [-0.3, -0.25) is 14.4 Å². The zero-order chi connectivity index (χ0) is 22.2. The number of Topliss-reactive ketones (excluding diaryl/α,β-unsaturated/α-hetero) is 1. The van der Waals surface area contributed by atoms with E-state index in [4.69, 9.17) is 4.74 Å². The molecule has 0 heterocycles. The number of ether oxygens (including phenoxy) is 1. The van der Waals surface area contributed by atoms with Gasteiger partial charge in [-0.1, -0.05) is 54.4 Å². The Kier molecular flexibility index (Phi) is 10.4. The van der Waals surface area contributed by atoms with Crippen LogP contribution in [0.2, 0.25) is 0 Å². The fourth-order valence-electron chi connectivity index (χ4n) is 3.59. The molecule has 0 saturated heterocycles. The Labute approximate surface area is 172 Å². The van der Waals surface area contributed by atoms with E-state index in [1.54, 1.807) is 0 Å². The lowest BCUT2D eigenvalue weighted by Crippen LogP contribution is -2.45. The van der Waals surface area contributed by atoms with Crippen molar-refractivity contribution in [2.75, 3.05) is 0 Å². The van der Waals surface area contributed by atoms with E-state index < -0.39 is 16.9 Å². The monoisotopic (exact) mass is 397 g/mol. The Morgan fingerprint density at radius 2 is 1.43 bits per heavy atom. The third-order valence-corrected chi connectivity index (χ3v) is 4.39. The van der Waals surface area contributed by atoms with Gasteiger partial charge in [0.2, 0.25) is 5.78 Å². The van der Waals surface area contributed by atoms with E-state index in [9.17, 15) is 14.4 Å². The number of hydrogen-bond acceptors (Lipinski definition) is 4. The number of esters is 1. The molecule has 164 valence electrons. The zero-order valence-corrected chi connectivity index (χ0v) is 19.7. The van der Waals surface area contributed by atoms with E-state index in [1.807, 2.05) is 34.6 Å². The molecule has 1 atom stereocenters. The Morgan fingerprint density at radius 1 is 0.893 bits per heavy atom. The summed E-state index contributed by atoms with van der Waals surface area (Å²) in [5.74, 6) is -1.10. The summed E-state index contributed by atoms with van der Waals surface area (Å²) in [5, 5.41) is 2.92. The summed E-state index contributed by atoms with van der Waals surface area (Å²) in [6, 6.07) is -0.0933. The minimum Gasteiger partial charge on any atom is -0.460 e. The molecule has 0 aromatic rings. The van der Waals surface area contributed by atoms with Crippen LogP contribution in [0.3, 0.4) is 0 Å². The van der Waals surface area contributed by atoms with Crippen LogP contribution in [0, 0.1) is 10.8 Å². The van der Waals surface area contributed by atoms with Crippen LogP contribution in [0.25, 0.3) is 0 Å². The van der Waals surface area contributed by atoms with Gasteiger partial charge < -0.3 is 10.1 Å². The fourth-order valence-corrected chi connectivity index (χ4v) is 3.59. The van der Waals surface area contributed by atoms with Crippen LogP contribution in [0.1, 0.15) is 107 Å². The maximum atomic E-state index is 12.7. The molecule has 5 heteroatoms. The third-order valence-electron chi connectivity index (χ3n) is 4.39. The number of carbonyl (C=O) groups is 3. The zero-order valence-electron chi connectivity index (χ0n) is 19.7. The summed E-state index contributed by atoms with van der Waals surface area (Å²) in [6.07, 6.45) is 5.05. The minimum absolute atomic E-state index is 0.0333. The van der Waals surface area contributed by atoms with Crippen molar-refractivity contribution in [3.8, 4) is 0 Å². The summed E-state index contributed by atoms with van der Waals surface area (Å²) >= 11 is 0. The van der Waals surface area contributed by atoms with E-state index in [0.717, 1.165) is 19.3 Å². The van der Waals surface area contributed by atoms with Crippen molar-refractivity contribution in [1.82, 2.24) is 5.32 Å². The molecule has 0 aliphatic carbocycles. The molecule has 28 heavy (non-hydrogen) atoms. The second-order valence-electron chi connectivity index (χ2n) is 10.7. The first-order valence-electron chi connectivity index (χ1n) is 10.6. The Bertz CT molecular complexity index is 524. The molecule has 0 fully saturated rings. The summed E-state index contributed by atoms with van der Waals surface area (Å²) in [7, 11) is 0. The molecule has 0 bridgehead atoms. The second-order valence-corrected chi connectivity index (χ2v) is 10.7. The van der Waals surface area contributed by atoms with Crippen LogP contribution < -0.4 is 5.32 Å². The van der Waals surface area contributed by atoms with Crippen LogP contribution in [0.5, 0.6) is 0 Å². The normalized spacial score (nSPS) is 13.8. The Balaban J connectivity index is 4.79. The average molecular weight is 398 g/mol. The molecule has 0 aromatic heterocycles. The van der Waals surface area contributed by atoms with Crippen molar-refractivity contribution in [2.45, 2.75) is 119 Å². The highest BCUT2D eigenvalue weighted by atomic mass is 16.6. The highest BCUT2D eigenvalue weighted by Gasteiger charge is 2.37. The van der Waals surface area contributed by atoms with Crippen molar-refractivity contribution in [3.05, 3.63) is 0 Å². The second kappa shape index (κ2) is 11.0. The van der Waals surface area contributed by atoms with Gasteiger partial charge in [0.1, 0.15) is 5.60 Å². The lowest BCUT2D eigenvalue weighted by Gasteiger charge is -2.31. The predicted octanol–water partition coefficient (Wildman–Crippen LogP) is 5.20. The predicted molar refractivity (Wildman–Crippen MR) is 114 cm³/mol. The maximum absolute atomic E-state index is 12.7. The van der Waals surface area contributed by atoms with E-state index in [1.165, 1.54) is 0 Å². The number of unbranched alkanes of at least 4 members (excludes halogenated alkanes) is 1. The molecule has 5 nitrogen and oxygen atoms in total. The number of hydrogen-bond donors (Lipinski definition) is 1. The van der Waals surface area contributed by atoms with E-state index in [0.29, 0.717) is 25.7 Å². The quantitative estimate of drug-likeness (QED) is 0.384. The van der Waals surface area contributed by atoms with E-state index in [-0.39, 0.29) is 23.2 Å². The van der Waals surface area contributed by atoms with Gasteiger partial charge in [-0.25, -0.2) is 0 Å². The van der Waals surface area contributed by atoms with Gasteiger partial charge >= 0.3 is 5.97 Å². The first-order chi connectivity index (χ1) is 12.6. The smallest absolute Gasteiger partial charge is 0.306 e. The van der Waals surface area contributed by atoms with Crippen molar-refractivity contribution in [3.63, 3.8) is 0 Å². The van der Waals surface area contributed by atoms with Crippen LogP contribution in [0.15, 0.2) is 0 Å². The molecule has 1 amide bonds. The number of nitrogens with one attached hydrogen (secondary N) is 1. The first-order valence-corrected chi connectivity index (χ1v) is 10.6. The Morgan fingerprint density at radius 3 is 1.89 bits per heavy atom. The van der Waals surface area contributed by atoms with Crippen LogP contribution >= 0.6 is 0 Å². The average Bonchev–Trinajstić information content (AvgIpc) is 2.47. The van der Waals surface area contributed by atoms with Gasteiger partial charge in [-0.2, -0.15) is 0 Å². The molecule has 0 radical (unpaired) electrons. The molecular weight excluding hydrogens is 354 g/mol. The van der Waals surface area contributed by atoms with Gasteiger partial charge in [0.15, 0.2) is 0 Å². The lowest BCUT2D eigenvalue weighted by molar-refractivity contribution is -0.155. The minimum atomic E-state index is -0.700. The van der Waals surface area contributed by atoms with Crippen LogP contribution in [-0.2, 0) is 19.1 Å². The molecular formula is C23H43NO4. The van der Waals surface area contributed by atoms with Gasteiger partial charge in [0, 0.05) is 17.9 Å². The molecule has 0 spiro atoms. The van der Waals surface area contributed by atoms with Gasteiger partial charge in [-0.15, -0.1) is 0 Å². The molecule has 0 aliphatic rings. The van der Waals surface area contributed by atoms with Crippen LogP contribution in [0.4, 0.5) is 0 Å². The van der Waals surface area contributed by atoms with Crippen molar-refractivity contribution in [2.24, 2.45) is 10.8 Å². The maximum Gasteiger partial charge on any atom is 0.306 e. The summed E-state index contributed by atoms with van der Waals surface area (Å²) in [6.45, 7) is 17.5. The molecule has 1 N–H and O–H groups in total. The third kappa shape index (κ3) is 12.1. The Hall–Kier alpha value is -1.39. The van der Waals surface area contributed by atoms with Crippen molar-refractivity contribution < 1.29 is 19.1 Å². The number of rotatable bonds is 11. The molecule has 0 saturated carbocycles. The van der Waals surface area contributed by atoms with E-state index >= 15 is 0 Å². The van der Waals surface area contributed by atoms with Gasteiger partial charge in [0.25, 0.3) is 5.91 Å². The van der Waals surface area contributed by atoms with Crippen LogP contribution in [-0.4, -0.2) is 29.3 Å². The summed E-state index contributed by atoms with van der Waals surface area (Å²) < 4.78 is 5.33. The first kappa shape index (κ1) is 26.6. The largest absolute Gasteiger partial charge is 0.460 e. The standard InChI is InChI=1S/C23H43NO4/c1-10-11-13-17(14-12-15-18(25)28-22(5,6)7)24-20(27)19(26)23(8,9)16-21(2,3)4/h17H,10-16H2,1-9H3,(H,24,27)/t17-/m0/s1. The lowest BCUT2D eigenvalue weighted by atomic mass is 9.73. The molecule has 0 rings (SSSR count). The number of ketones is 1. The topological polar surface area (TPSA) is 72.5 Å². The fraction of sp³-hybridized carbons (Fsp3) is 0.870. The van der Waals surface area contributed by atoms with Gasteiger partial charge in [0.05, 0.1) is 0 Å². The number of carbonyl (C=O) groups excluding carboxylic acids is 3. The van der Waals surface area contributed by atoms with Crippen molar-refractivity contribution in [1.29, 1.82) is 0 Å². The SMILES string of the molecule is CCCC[C@@H](CCCC(=O)OC(C)(C)C)NC(=O)C(=O)C(C)(C)CC(C)(C)C.